The fraction of sp³-hybridized carbons (Fsp3) is 1.00. The lowest BCUT2D eigenvalue weighted by Crippen LogP contribution is -2.15. The van der Waals surface area contributed by atoms with Crippen molar-refractivity contribution in [1.82, 2.24) is 0 Å². The summed E-state index contributed by atoms with van der Waals surface area (Å²) in [6.07, 6.45) is 0.352. The van der Waals surface area contributed by atoms with Gasteiger partial charge < -0.3 is 9.47 Å². The summed E-state index contributed by atoms with van der Waals surface area (Å²) in [6.45, 7) is 0.743. The SMILES string of the molecule is COCC1CSCO1. The Hall–Kier alpha value is 0.270. The minimum absolute atomic E-state index is 0.352. The van der Waals surface area contributed by atoms with Gasteiger partial charge in [0.2, 0.25) is 0 Å². The molecule has 8 heavy (non-hydrogen) atoms. The van der Waals surface area contributed by atoms with Crippen molar-refractivity contribution in [2.45, 2.75) is 6.10 Å². The van der Waals surface area contributed by atoms with E-state index in [2.05, 4.69) is 0 Å². The first kappa shape index (κ1) is 6.39. The Morgan fingerprint density at radius 1 is 1.88 bits per heavy atom. The van der Waals surface area contributed by atoms with Gasteiger partial charge in [-0.3, -0.25) is 0 Å². The number of hydrogen-bond donors (Lipinski definition) is 0. The van der Waals surface area contributed by atoms with E-state index in [1.165, 1.54) is 0 Å². The number of thioether (sulfide) groups is 1. The fourth-order valence-electron chi connectivity index (χ4n) is 0.654. The van der Waals surface area contributed by atoms with Gasteiger partial charge in [-0.15, -0.1) is 11.8 Å². The van der Waals surface area contributed by atoms with E-state index in [1.54, 1.807) is 7.11 Å². The van der Waals surface area contributed by atoms with Crippen molar-refractivity contribution in [3.8, 4) is 0 Å². The lowest BCUT2D eigenvalue weighted by molar-refractivity contribution is 0.0456. The zero-order chi connectivity index (χ0) is 5.82. The molecule has 0 aromatic rings. The maximum Gasteiger partial charge on any atom is 0.0927 e. The Balaban J connectivity index is 2.06. The third-order valence-electron chi connectivity index (χ3n) is 1.04. The summed E-state index contributed by atoms with van der Waals surface area (Å²) in [7, 11) is 1.70. The Kier molecular flexibility index (Phi) is 2.66. The molecule has 0 amide bonds. The lowest BCUT2D eigenvalue weighted by atomic mass is 10.4. The molecule has 48 valence electrons. The number of hydrogen-bond acceptors (Lipinski definition) is 3. The molecular formula is C5H10O2S. The van der Waals surface area contributed by atoms with Crippen molar-refractivity contribution in [1.29, 1.82) is 0 Å². The molecule has 1 aliphatic heterocycles. The highest BCUT2D eigenvalue weighted by atomic mass is 32.2. The van der Waals surface area contributed by atoms with Gasteiger partial charge in [0, 0.05) is 12.9 Å². The second kappa shape index (κ2) is 3.33. The van der Waals surface area contributed by atoms with Crippen LogP contribution in [0.4, 0.5) is 0 Å². The second-order valence-corrected chi connectivity index (χ2v) is 2.71. The predicted octanol–water partition coefficient (Wildman–Crippen LogP) is 0.722. The summed E-state index contributed by atoms with van der Waals surface area (Å²) in [4.78, 5) is 0. The summed E-state index contributed by atoms with van der Waals surface area (Å²) in [6, 6.07) is 0. The van der Waals surface area contributed by atoms with Crippen LogP contribution in [0.1, 0.15) is 0 Å². The molecule has 1 rings (SSSR count). The zero-order valence-corrected chi connectivity index (χ0v) is 5.74. The minimum atomic E-state index is 0.352. The molecule has 2 nitrogen and oxygen atoms in total. The van der Waals surface area contributed by atoms with Crippen LogP contribution in [0.5, 0.6) is 0 Å². The van der Waals surface area contributed by atoms with Crippen LogP contribution < -0.4 is 0 Å². The Morgan fingerprint density at radius 3 is 3.25 bits per heavy atom. The van der Waals surface area contributed by atoms with Crippen LogP contribution in [-0.2, 0) is 9.47 Å². The molecule has 1 saturated heterocycles. The summed E-state index contributed by atoms with van der Waals surface area (Å²) in [5.41, 5.74) is 0. The summed E-state index contributed by atoms with van der Waals surface area (Å²) in [5, 5.41) is 0. The van der Waals surface area contributed by atoms with Crippen LogP contribution in [0.2, 0.25) is 0 Å². The average Bonchev–Trinajstić information content (AvgIpc) is 2.19. The van der Waals surface area contributed by atoms with Crippen molar-refractivity contribution in [3.05, 3.63) is 0 Å². The van der Waals surface area contributed by atoms with Crippen LogP contribution in [0, 0.1) is 0 Å². The number of ether oxygens (including phenoxy) is 2. The molecule has 1 heterocycles. The van der Waals surface area contributed by atoms with Gasteiger partial charge in [-0.25, -0.2) is 0 Å². The molecule has 0 N–H and O–H groups in total. The van der Waals surface area contributed by atoms with Gasteiger partial charge in [0.15, 0.2) is 0 Å². The van der Waals surface area contributed by atoms with E-state index in [0.29, 0.717) is 6.10 Å². The molecule has 0 spiro atoms. The molecule has 0 aromatic carbocycles. The Labute approximate surface area is 53.5 Å². The zero-order valence-electron chi connectivity index (χ0n) is 4.92. The van der Waals surface area contributed by atoms with Crippen molar-refractivity contribution >= 4 is 11.8 Å². The Morgan fingerprint density at radius 2 is 2.75 bits per heavy atom. The molecule has 0 aromatic heterocycles. The van der Waals surface area contributed by atoms with E-state index >= 15 is 0 Å². The van der Waals surface area contributed by atoms with Crippen molar-refractivity contribution in [2.24, 2.45) is 0 Å². The van der Waals surface area contributed by atoms with Crippen LogP contribution in [-0.4, -0.2) is 31.5 Å². The van der Waals surface area contributed by atoms with Gasteiger partial charge >= 0.3 is 0 Å². The highest BCUT2D eigenvalue weighted by Gasteiger charge is 2.14. The van der Waals surface area contributed by atoms with Crippen LogP contribution in [0.25, 0.3) is 0 Å². The van der Waals surface area contributed by atoms with Crippen molar-refractivity contribution in [2.75, 3.05) is 25.4 Å². The van der Waals surface area contributed by atoms with E-state index in [4.69, 9.17) is 9.47 Å². The third kappa shape index (κ3) is 1.65. The first-order valence-electron chi connectivity index (χ1n) is 2.62. The standard InChI is InChI=1S/C5H10O2S/c1-6-2-5-3-8-4-7-5/h5H,2-4H2,1H3. The molecule has 0 saturated carbocycles. The van der Waals surface area contributed by atoms with Crippen molar-refractivity contribution in [3.63, 3.8) is 0 Å². The molecule has 0 aliphatic carbocycles. The summed E-state index contributed by atoms with van der Waals surface area (Å²) >= 11 is 1.82. The maximum absolute atomic E-state index is 5.23. The van der Waals surface area contributed by atoms with E-state index < -0.39 is 0 Å². The molecule has 1 atom stereocenters. The average molecular weight is 134 g/mol. The molecule has 1 aliphatic rings. The van der Waals surface area contributed by atoms with E-state index in [0.717, 1.165) is 18.3 Å². The highest BCUT2D eigenvalue weighted by Crippen LogP contribution is 2.15. The molecule has 0 bridgehead atoms. The molecular weight excluding hydrogens is 124 g/mol. The second-order valence-electron chi connectivity index (χ2n) is 1.73. The van der Waals surface area contributed by atoms with Crippen LogP contribution >= 0.6 is 11.8 Å². The van der Waals surface area contributed by atoms with Gasteiger partial charge in [-0.1, -0.05) is 0 Å². The largest absolute Gasteiger partial charge is 0.382 e. The van der Waals surface area contributed by atoms with Gasteiger partial charge in [0.05, 0.1) is 18.6 Å². The van der Waals surface area contributed by atoms with Gasteiger partial charge in [0.25, 0.3) is 0 Å². The first-order chi connectivity index (χ1) is 3.93. The monoisotopic (exact) mass is 134 g/mol. The van der Waals surface area contributed by atoms with Gasteiger partial charge in [-0.2, -0.15) is 0 Å². The van der Waals surface area contributed by atoms with E-state index in [-0.39, 0.29) is 0 Å². The predicted molar refractivity (Wildman–Crippen MR) is 34.1 cm³/mol. The highest BCUT2D eigenvalue weighted by molar-refractivity contribution is 7.99. The van der Waals surface area contributed by atoms with E-state index in [9.17, 15) is 0 Å². The molecule has 1 fully saturated rings. The van der Waals surface area contributed by atoms with E-state index in [1.807, 2.05) is 11.8 Å². The van der Waals surface area contributed by atoms with Crippen LogP contribution in [0.15, 0.2) is 0 Å². The normalized spacial score (nSPS) is 28.9. The smallest absolute Gasteiger partial charge is 0.0927 e. The number of methoxy groups -OCH3 is 1. The molecule has 0 radical (unpaired) electrons. The number of rotatable bonds is 2. The Bertz CT molecular complexity index is 61.4. The fourth-order valence-corrected chi connectivity index (χ4v) is 1.49. The lowest BCUT2D eigenvalue weighted by Gasteiger charge is -2.03. The van der Waals surface area contributed by atoms with Gasteiger partial charge in [-0.05, 0) is 0 Å². The van der Waals surface area contributed by atoms with Gasteiger partial charge in [0.1, 0.15) is 0 Å². The molecule has 1 unspecified atom stereocenters. The minimum Gasteiger partial charge on any atom is -0.382 e. The van der Waals surface area contributed by atoms with Crippen LogP contribution in [0.3, 0.4) is 0 Å². The topological polar surface area (TPSA) is 18.5 Å². The first-order valence-corrected chi connectivity index (χ1v) is 3.77. The maximum atomic E-state index is 5.23. The quantitative estimate of drug-likeness (QED) is 0.554. The summed E-state index contributed by atoms with van der Waals surface area (Å²) < 4.78 is 10.1. The van der Waals surface area contributed by atoms with Crippen molar-refractivity contribution < 1.29 is 9.47 Å². The summed E-state index contributed by atoms with van der Waals surface area (Å²) in [5.74, 6) is 1.93. The molecule has 3 heteroatoms. The third-order valence-corrected chi connectivity index (χ3v) is 1.95.